The fourth-order valence-electron chi connectivity index (χ4n) is 4.34. The first-order valence-corrected chi connectivity index (χ1v) is 7.59. The third-order valence-electron chi connectivity index (χ3n) is 5.39. The van der Waals surface area contributed by atoms with E-state index in [0.717, 1.165) is 19.0 Å². The van der Waals surface area contributed by atoms with Gasteiger partial charge in [-0.05, 0) is 50.4 Å². The minimum atomic E-state index is 0.104. The summed E-state index contributed by atoms with van der Waals surface area (Å²) in [6, 6.07) is 8.53. The predicted octanol–water partition coefficient (Wildman–Crippen LogP) is 1.59. The second-order valence-corrected chi connectivity index (χ2v) is 6.45. The van der Waals surface area contributed by atoms with Gasteiger partial charge in [0.1, 0.15) is 0 Å². The van der Waals surface area contributed by atoms with Gasteiger partial charge in [0.15, 0.2) is 5.96 Å². The summed E-state index contributed by atoms with van der Waals surface area (Å²) in [5, 5.41) is 0. The largest absolute Gasteiger partial charge is 0.369 e. The maximum atomic E-state index is 6.27. The van der Waals surface area contributed by atoms with Gasteiger partial charge >= 0.3 is 0 Å². The van der Waals surface area contributed by atoms with Crippen molar-refractivity contribution in [2.24, 2.45) is 16.6 Å². The zero-order valence-electron chi connectivity index (χ0n) is 12.0. The van der Waals surface area contributed by atoms with Gasteiger partial charge in [0, 0.05) is 12.2 Å². The predicted molar refractivity (Wildman–Crippen MR) is 82.0 cm³/mol. The number of para-hydroxylation sites is 1. The lowest BCUT2D eigenvalue weighted by molar-refractivity contribution is 0.0391. The summed E-state index contributed by atoms with van der Waals surface area (Å²) in [5.41, 5.74) is 8.90. The van der Waals surface area contributed by atoms with Crippen molar-refractivity contribution in [3.63, 3.8) is 0 Å². The quantitative estimate of drug-likeness (QED) is 0.843. The summed E-state index contributed by atoms with van der Waals surface area (Å²) in [4.78, 5) is 9.55. The molecule has 0 amide bonds. The molecule has 0 radical (unpaired) electrons. The van der Waals surface area contributed by atoms with Gasteiger partial charge in [0.25, 0.3) is 0 Å². The highest BCUT2D eigenvalue weighted by Crippen LogP contribution is 2.44. The molecule has 2 bridgehead atoms. The van der Waals surface area contributed by atoms with Gasteiger partial charge in [-0.3, -0.25) is 4.99 Å². The Morgan fingerprint density at radius 1 is 1.25 bits per heavy atom. The van der Waals surface area contributed by atoms with Gasteiger partial charge in [-0.2, -0.15) is 0 Å². The Morgan fingerprint density at radius 3 is 2.65 bits per heavy atom. The number of hydrogen-bond acceptors (Lipinski definition) is 4. The average Bonchev–Trinajstić information content (AvgIpc) is 2.78. The third-order valence-corrected chi connectivity index (χ3v) is 5.39. The average molecular weight is 270 g/mol. The number of nitrogens with two attached hydrogens (primary N) is 1. The van der Waals surface area contributed by atoms with Gasteiger partial charge in [-0.15, -0.1) is 0 Å². The molecule has 0 aliphatic carbocycles. The lowest BCUT2D eigenvalue weighted by Crippen LogP contribution is -2.68. The van der Waals surface area contributed by atoms with Crippen LogP contribution in [0.25, 0.3) is 0 Å². The minimum Gasteiger partial charge on any atom is -0.369 e. The first kappa shape index (κ1) is 12.2. The molecular formula is C16H22N4. The van der Waals surface area contributed by atoms with Crippen molar-refractivity contribution in [1.82, 2.24) is 4.90 Å². The molecule has 1 unspecified atom stereocenters. The molecule has 4 nitrogen and oxygen atoms in total. The van der Waals surface area contributed by atoms with E-state index in [2.05, 4.69) is 46.0 Å². The number of piperidine rings is 3. The Labute approximate surface area is 120 Å². The second kappa shape index (κ2) is 4.22. The summed E-state index contributed by atoms with van der Waals surface area (Å²) in [7, 11) is 0. The Morgan fingerprint density at radius 2 is 2.00 bits per heavy atom. The molecule has 3 fully saturated rings. The van der Waals surface area contributed by atoms with E-state index in [9.17, 15) is 0 Å². The Kier molecular flexibility index (Phi) is 2.58. The summed E-state index contributed by atoms with van der Waals surface area (Å²) in [6.45, 7) is 6.61. The topological polar surface area (TPSA) is 44.9 Å². The van der Waals surface area contributed by atoms with Crippen LogP contribution in [0.15, 0.2) is 29.3 Å². The Balaban J connectivity index is 1.80. The van der Waals surface area contributed by atoms with Gasteiger partial charge in [-0.1, -0.05) is 18.2 Å². The molecule has 1 atom stereocenters. The Hall–Kier alpha value is -1.55. The van der Waals surface area contributed by atoms with E-state index in [-0.39, 0.29) is 5.54 Å². The fraction of sp³-hybridized carbons (Fsp3) is 0.562. The van der Waals surface area contributed by atoms with Gasteiger partial charge in [0.05, 0.1) is 12.1 Å². The number of nitrogens with zero attached hydrogens (tertiary/aromatic N) is 3. The summed E-state index contributed by atoms with van der Waals surface area (Å²) < 4.78 is 0. The van der Waals surface area contributed by atoms with E-state index in [1.54, 1.807) is 0 Å². The molecule has 4 aliphatic heterocycles. The molecule has 1 aromatic rings. The van der Waals surface area contributed by atoms with Crippen molar-refractivity contribution in [2.45, 2.75) is 25.3 Å². The molecule has 0 saturated carbocycles. The zero-order valence-corrected chi connectivity index (χ0v) is 12.0. The van der Waals surface area contributed by atoms with Crippen molar-refractivity contribution in [3.05, 3.63) is 29.8 Å². The molecule has 4 heterocycles. The van der Waals surface area contributed by atoms with Gasteiger partial charge in [0.2, 0.25) is 0 Å². The monoisotopic (exact) mass is 270 g/mol. The van der Waals surface area contributed by atoms with Crippen LogP contribution in [-0.2, 0) is 0 Å². The standard InChI is InChI=1S/C16H22N4/c1-12-4-2-3-5-14(12)20-15(17)18-10-16(20)11-19-8-6-13(16)7-9-19/h2-5,13H,6-11H2,1H3,(H2,17,18). The van der Waals surface area contributed by atoms with Gasteiger partial charge < -0.3 is 15.5 Å². The highest BCUT2D eigenvalue weighted by molar-refractivity contribution is 5.99. The number of aliphatic imine (C=N–C) groups is 1. The molecule has 1 aromatic carbocycles. The summed E-state index contributed by atoms with van der Waals surface area (Å²) in [5.74, 6) is 1.42. The molecule has 1 spiro atoms. The van der Waals surface area contributed by atoms with Crippen molar-refractivity contribution in [2.75, 3.05) is 31.1 Å². The molecule has 4 heteroatoms. The molecule has 4 aliphatic rings. The molecule has 3 saturated heterocycles. The van der Waals surface area contributed by atoms with Crippen molar-refractivity contribution in [3.8, 4) is 0 Å². The smallest absolute Gasteiger partial charge is 0.196 e. The van der Waals surface area contributed by atoms with E-state index >= 15 is 0 Å². The van der Waals surface area contributed by atoms with E-state index < -0.39 is 0 Å². The van der Waals surface area contributed by atoms with Crippen LogP contribution in [0.5, 0.6) is 0 Å². The summed E-state index contributed by atoms with van der Waals surface area (Å²) in [6.07, 6.45) is 2.57. The highest BCUT2D eigenvalue weighted by atomic mass is 15.4. The molecule has 0 aromatic heterocycles. The minimum absolute atomic E-state index is 0.104. The van der Waals surface area contributed by atoms with Crippen LogP contribution in [0, 0.1) is 12.8 Å². The highest BCUT2D eigenvalue weighted by Gasteiger charge is 2.54. The van der Waals surface area contributed by atoms with E-state index in [1.165, 1.54) is 37.2 Å². The zero-order chi connectivity index (χ0) is 13.7. The van der Waals surface area contributed by atoms with Crippen LogP contribution in [0.2, 0.25) is 0 Å². The number of aryl methyl sites for hydroxylation is 1. The van der Waals surface area contributed by atoms with Crippen molar-refractivity contribution in [1.29, 1.82) is 0 Å². The molecule has 2 N–H and O–H groups in total. The van der Waals surface area contributed by atoms with Crippen LogP contribution in [0.1, 0.15) is 18.4 Å². The lowest BCUT2D eigenvalue weighted by Gasteiger charge is -2.55. The van der Waals surface area contributed by atoms with Crippen LogP contribution in [0.3, 0.4) is 0 Å². The fourth-order valence-corrected chi connectivity index (χ4v) is 4.34. The number of rotatable bonds is 1. The van der Waals surface area contributed by atoms with Crippen molar-refractivity contribution < 1.29 is 0 Å². The number of guanidine groups is 1. The van der Waals surface area contributed by atoms with Crippen LogP contribution in [-0.4, -0.2) is 42.6 Å². The number of anilines is 1. The van der Waals surface area contributed by atoms with E-state index in [0.29, 0.717) is 5.96 Å². The SMILES string of the molecule is Cc1ccccc1N1C(N)=NCC12CN1CCC2CC1. The van der Waals surface area contributed by atoms with Gasteiger partial charge in [-0.25, -0.2) is 0 Å². The normalized spacial score (nSPS) is 35.6. The number of hydrogen-bond donors (Lipinski definition) is 1. The third kappa shape index (κ3) is 1.54. The molecular weight excluding hydrogens is 248 g/mol. The first-order chi connectivity index (χ1) is 9.71. The summed E-state index contributed by atoms with van der Waals surface area (Å²) >= 11 is 0. The maximum absolute atomic E-state index is 6.27. The van der Waals surface area contributed by atoms with E-state index in [4.69, 9.17) is 5.73 Å². The van der Waals surface area contributed by atoms with Crippen LogP contribution >= 0.6 is 0 Å². The van der Waals surface area contributed by atoms with Crippen LogP contribution in [0.4, 0.5) is 5.69 Å². The number of fused-ring (bicyclic) bond motifs is 2. The lowest BCUT2D eigenvalue weighted by atomic mass is 9.72. The van der Waals surface area contributed by atoms with Crippen LogP contribution < -0.4 is 10.6 Å². The number of benzene rings is 1. The maximum Gasteiger partial charge on any atom is 0.196 e. The second-order valence-electron chi connectivity index (χ2n) is 6.45. The van der Waals surface area contributed by atoms with E-state index in [1.807, 2.05) is 0 Å². The first-order valence-electron chi connectivity index (χ1n) is 7.59. The Bertz CT molecular complexity index is 559. The molecule has 5 rings (SSSR count). The van der Waals surface area contributed by atoms with Crippen molar-refractivity contribution >= 4 is 11.6 Å². The molecule has 20 heavy (non-hydrogen) atoms. The molecule has 106 valence electrons.